The van der Waals surface area contributed by atoms with Gasteiger partial charge in [0.05, 0.1) is 36.4 Å². The summed E-state index contributed by atoms with van der Waals surface area (Å²) in [6, 6.07) is 16.3. The van der Waals surface area contributed by atoms with Crippen LogP contribution in [0.2, 0.25) is 0 Å². The number of aromatic nitrogens is 3. The Hall–Kier alpha value is -2.81. The van der Waals surface area contributed by atoms with E-state index in [1.54, 1.807) is 0 Å². The molecule has 1 aliphatic heterocycles. The first-order valence-electron chi connectivity index (χ1n) is 14.5. The molecule has 5 rings (SSSR count). The van der Waals surface area contributed by atoms with Gasteiger partial charge in [0.25, 0.3) is 0 Å². The fourth-order valence-corrected chi connectivity index (χ4v) is 7.06. The molecule has 2 aromatic heterocycles. The molecule has 2 N–H and O–H groups in total. The summed E-state index contributed by atoms with van der Waals surface area (Å²) in [5, 5.41) is 0.958. The van der Waals surface area contributed by atoms with Crippen molar-refractivity contribution in [1.82, 2.24) is 14.5 Å². The molecule has 10 heteroatoms. The monoisotopic (exact) mass is 580 g/mol. The van der Waals surface area contributed by atoms with Crippen LogP contribution in [0.1, 0.15) is 63.4 Å². The van der Waals surface area contributed by atoms with Gasteiger partial charge in [0.1, 0.15) is 24.3 Å². The largest absolute Gasteiger partial charge is 0.382 e. The van der Waals surface area contributed by atoms with E-state index >= 15 is 0 Å². The van der Waals surface area contributed by atoms with Crippen molar-refractivity contribution in [2.24, 2.45) is 0 Å². The van der Waals surface area contributed by atoms with Crippen LogP contribution in [0.15, 0.2) is 48.5 Å². The lowest BCUT2D eigenvalue weighted by molar-refractivity contribution is 0.0469. The number of imidazole rings is 1. The quantitative estimate of drug-likeness (QED) is 0.183. The van der Waals surface area contributed by atoms with Crippen LogP contribution in [-0.4, -0.2) is 47.3 Å². The number of nitrogen functional groups attached to an aromatic ring is 1. The topological polar surface area (TPSA) is 111 Å². The zero-order valence-electron chi connectivity index (χ0n) is 24.5. The molecule has 41 heavy (non-hydrogen) atoms. The molecule has 1 aliphatic rings. The van der Waals surface area contributed by atoms with Crippen molar-refractivity contribution < 1.29 is 23.1 Å². The molecule has 0 aliphatic carbocycles. The number of para-hydroxylation sites is 1. The maximum absolute atomic E-state index is 13.5. The Labute approximate surface area is 241 Å². The van der Waals surface area contributed by atoms with E-state index < -0.39 is 13.1 Å². The highest BCUT2D eigenvalue weighted by atomic mass is 31.2. The summed E-state index contributed by atoms with van der Waals surface area (Å²) in [6.07, 6.45) is 2.53. The molecule has 1 saturated heterocycles. The number of rotatable bonds is 12. The second-order valence-electron chi connectivity index (χ2n) is 10.9. The van der Waals surface area contributed by atoms with Gasteiger partial charge < -0.3 is 28.8 Å². The van der Waals surface area contributed by atoms with Gasteiger partial charge in [0, 0.05) is 17.9 Å². The molecule has 1 unspecified atom stereocenters. The molecule has 220 valence electrons. The lowest BCUT2D eigenvalue weighted by atomic mass is 9.95. The van der Waals surface area contributed by atoms with Gasteiger partial charge in [-0.3, -0.25) is 4.57 Å². The van der Waals surface area contributed by atoms with Gasteiger partial charge in [-0.05, 0) is 43.9 Å². The summed E-state index contributed by atoms with van der Waals surface area (Å²) in [7, 11) is -3.40. The zero-order valence-corrected chi connectivity index (χ0v) is 25.4. The lowest BCUT2D eigenvalue weighted by Crippen LogP contribution is -2.37. The summed E-state index contributed by atoms with van der Waals surface area (Å²) in [4.78, 5) is 9.50. The Morgan fingerprint density at radius 1 is 1.07 bits per heavy atom. The van der Waals surface area contributed by atoms with Gasteiger partial charge in [-0.2, -0.15) is 0 Å². The predicted octanol–water partition coefficient (Wildman–Crippen LogP) is 6.78. The highest BCUT2D eigenvalue weighted by Crippen LogP contribution is 2.53. The van der Waals surface area contributed by atoms with Crippen LogP contribution in [0.25, 0.3) is 21.9 Å². The normalized spacial score (nSPS) is 20.9. The van der Waals surface area contributed by atoms with Gasteiger partial charge >= 0.3 is 7.60 Å². The smallest absolute Gasteiger partial charge is 0.356 e. The Bertz CT molecular complexity index is 1540. The van der Waals surface area contributed by atoms with E-state index in [1.165, 1.54) is 5.56 Å². The molecule has 0 saturated carbocycles. The van der Waals surface area contributed by atoms with E-state index in [-0.39, 0.29) is 18.9 Å². The zero-order chi connectivity index (χ0) is 29.0. The maximum Gasteiger partial charge on any atom is 0.356 e. The highest BCUT2D eigenvalue weighted by Gasteiger charge is 2.37. The number of ether oxygens (including phenoxy) is 2. The first-order chi connectivity index (χ1) is 19.8. The van der Waals surface area contributed by atoms with Crippen LogP contribution >= 0.6 is 7.60 Å². The van der Waals surface area contributed by atoms with Crippen LogP contribution < -0.4 is 5.73 Å². The molecular formula is C31H41N4O5P. The fourth-order valence-electron chi connectivity index (χ4n) is 5.71. The molecule has 2 aromatic carbocycles. The van der Waals surface area contributed by atoms with Gasteiger partial charge in [-0.15, -0.1) is 0 Å². The number of hydrogen-bond donors (Lipinski definition) is 1. The molecule has 0 bridgehead atoms. The van der Waals surface area contributed by atoms with Crippen LogP contribution in [-0.2, 0) is 41.7 Å². The SMILES string of the molecule is CCCC(C)(COCP1(=O)OCC(c2cccc(CC)c2)CO1)n1c(COCC)nc2c(N)nc3ccccc3c21. The third-order valence-corrected chi connectivity index (χ3v) is 9.37. The van der Waals surface area contributed by atoms with Crippen molar-refractivity contribution in [3.05, 3.63) is 65.5 Å². The second-order valence-corrected chi connectivity index (χ2v) is 12.9. The van der Waals surface area contributed by atoms with Crippen molar-refractivity contribution in [2.45, 2.75) is 65.0 Å². The molecule has 0 radical (unpaired) electrons. The number of pyridine rings is 1. The molecular weight excluding hydrogens is 539 g/mol. The average Bonchev–Trinajstić information content (AvgIpc) is 3.38. The number of nitrogens with zero attached hydrogens (tertiary/aromatic N) is 3. The van der Waals surface area contributed by atoms with E-state index in [9.17, 15) is 4.57 Å². The first kappa shape index (κ1) is 29.7. The summed E-state index contributed by atoms with van der Waals surface area (Å²) in [6.45, 7) is 10.2. The number of nitrogens with two attached hydrogens (primary N) is 1. The van der Waals surface area contributed by atoms with Crippen molar-refractivity contribution >= 4 is 35.3 Å². The predicted molar refractivity (Wildman–Crippen MR) is 162 cm³/mol. The number of fused-ring (bicyclic) bond motifs is 3. The Morgan fingerprint density at radius 3 is 2.59 bits per heavy atom. The van der Waals surface area contributed by atoms with E-state index in [4.69, 9.17) is 29.2 Å². The number of hydrogen-bond acceptors (Lipinski definition) is 8. The van der Waals surface area contributed by atoms with Gasteiger partial charge in [-0.1, -0.05) is 62.7 Å². The van der Waals surface area contributed by atoms with Crippen molar-refractivity contribution in [3.8, 4) is 0 Å². The molecule has 0 spiro atoms. The molecule has 9 nitrogen and oxygen atoms in total. The van der Waals surface area contributed by atoms with Crippen molar-refractivity contribution in [1.29, 1.82) is 0 Å². The second kappa shape index (κ2) is 12.6. The van der Waals surface area contributed by atoms with E-state index in [1.807, 2.05) is 37.3 Å². The third-order valence-electron chi connectivity index (χ3n) is 7.79. The van der Waals surface area contributed by atoms with E-state index in [0.29, 0.717) is 37.8 Å². The number of anilines is 1. The van der Waals surface area contributed by atoms with Gasteiger partial charge in [0.2, 0.25) is 0 Å². The maximum atomic E-state index is 13.5. The van der Waals surface area contributed by atoms with Crippen molar-refractivity contribution in [3.63, 3.8) is 0 Å². The minimum absolute atomic E-state index is 0.0414. The van der Waals surface area contributed by atoms with E-state index in [2.05, 4.69) is 48.5 Å². The first-order valence-corrected chi connectivity index (χ1v) is 16.2. The lowest BCUT2D eigenvalue weighted by Gasteiger charge is -2.35. The number of aryl methyl sites for hydroxylation is 1. The van der Waals surface area contributed by atoms with Crippen LogP contribution in [0, 0.1) is 0 Å². The highest BCUT2D eigenvalue weighted by molar-refractivity contribution is 7.53. The molecule has 4 aromatic rings. The Morgan fingerprint density at radius 2 is 1.85 bits per heavy atom. The summed E-state index contributed by atoms with van der Waals surface area (Å²) < 4.78 is 39.4. The minimum Gasteiger partial charge on any atom is -0.382 e. The third kappa shape index (κ3) is 6.20. The standard InChI is InChI=1S/C31H41N4O5P/c1-5-15-31(4,20-38-21-41(36)39-17-24(18-40-41)23-12-10-11-22(6-2)16-23)35-27(19-37-7-3)34-28-29(35)25-13-8-9-14-26(25)33-30(28)32/h8-14,16,24H,5-7,15,17-21H2,1-4H3,(H2,32,33). The Balaban J connectivity index is 1.39. The minimum atomic E-state index is -3.40. The summed E-state index contributed by atoms with van der Waals surface area (Å²) >= 11 is 0. The van der Waals surface area contributed by atoms with E-state index in [0.717, 1.165) is 47.1 Å². The van der Waals surface area contributed by atoms with Crippen LogP contribution in [0.4, 0.5) is 5.82 Å². The summed E-state index contributed by atoms with van der Waals surface area (Å²) in [5.74, 6) is 1.17. The summed E-state index contributed by atoms with van der Waals surface area (Å²) in [5.41, 5.74) is 10.6. The van der Waals surface area contributed by atoms with Gasteiger partial charge in [0.15, 0.2) is 5.82 Å². The van der Waals surface area contributed by atoms with Crippen LogP contribution in [0.5, 0.6) is 0 Å². The van der Waals surface area contributed by atoms with Crippen molar-refractivity contribution in [2.75, 3.05) is 38.5 Å². The van der Waals surface area contributed by atoms with Gasteiger partial charge in [-0.25, -0.2) is 9.97 Å². The van der Waals surface area contributed by atoms with Crippen LogP contribution in [0.3, 0.4) is 0 Å². The molecule has 1 atom stereocenters. The fraction of sp³-hybridized carbons (Fsp3) is 0.484. The molecule has 1 fully saturated rings. The Kier molecular flexibility index (Phi) is 9.12. The number of benzene rings is 2. The average molecular weight is 581 g/mol. The molecule has 0 amide bonds. The molecule has 3 heterocycles.